The van der Waals surface area contributed by atoms with E-state index < -0.39 is 0 Å². The van der Waals surface area contributed by atoms with Gasteiger partial charge in [-0.3, -0.25) is 4.79 Å². The summed E-state index contributed by atoms with van der Waals surface area (Å²) in [7, 11) is 0. The molecule has 64 valence electrons. The van der Waals surface area contributed by atoms with Gasteiger partial charge in [0.15, 0.2) is 11.3 Å². The number of allylic oxidation sites excluding steroid dienone is 1. The second-order valence-electron chi connectivity index (χ2n) is 2.11. The molecule has 1 rings (SSSR count). The first-order valence-corrected chi connectivity index (χ1v) is 5.50. The number of nitrogens with zero attached hydrogens (tertiary/aromatic N) is 1. The average Bonchev–Trinajstić information content (AvgIpc) is 2.53. The molecule has 0 saturated heterocycles. The van der Waals surface area contributed by atoms with Crippen LogP contribution in [0.2, 0.25) is 0 Å². The Balaban J connectivity index is 2.57. The maximum absolute atomic E-state index is 10.3. The number of carbonyl (C=O) groups excluding carboxylic acids is 1. The molecule has 0 aliphatic heterocycles. The van der Waals surface area contributed by atoms with Gasteiger partial charge in [-0.05, 0) is 12.5 Å². The van der Waals surface area contributed by atoms with E-state index in [1.807, 2.05) is 17.5 Å². The third-order valence-electron chi connectivity index (χ3n) is 1.20. The largest absolute Gasteiger partial charge is 0.295 e. The molecule has 0 fully saturated rings. The Hall–Kier alpha value is -0.480. The molecule has 0 aliphatic carbocycles. The van der Waals surface area contributed by atoms with Crippen molar-refractivity contribution in [1.29, 1.82) is 0 Å². The third-order valence-corrected chi connectivity index (χ3v) is 2.45. The molecule has 0 amide bonds. The molecule has 2 nitrogen and oxygen atoms in total. The Morgan fingerprint density at radius 2 is 2.50 bits per heavy atom. The van der Waals surface area contributed by atoms with E-state index in [1.165, 1.54) is 11.3 Å². The highest BCUT2D eigenvalue weighted by molar-refractivity contribution is 9.09. The number of halogens is 1. The SMILES string of the molecule is O=Cc1nc(C=CCCBr)cs1. The molecule has 1 aromatic heterocycles. The highest BCUT2D eigenvalue weighted by Crippen LogP contribution is 2.09. The van der Waals surface area contributed by atoms with Gasteiger partial charge in [-0.15, -0.1) is 11.3 Å². The third kappa shape index (κ3) is 2.87. The summed E-state index contributed by atoms with van der Waals surface area (Å²) in [6, 6.07) is 0. The minimum Gasteiger partial charge on any atom is -0.295 e. The highest BCUT2D eigenvalue weighted by atomic mass is 79.9. The van der Waals surface area contributed by atoms with Crippen molar-refractivity contribution in [3.63, 3.8) is 0 Å². The zero-order valence-electron chi connectivity index (χ0n) is 6.37. The first-order chi connectivity index (χ1) is 5.86. The lowest BCUT2D eigenvalue weighted by Crippen LogP contribution is -1.76. The highest BCUT2D eigenvalue weighted by Gasteiger charge is 1.95. The molecule has 0 radical (unpaired) electrons. The van der Waals surface area contributed by atoms with Crippen LogP contribution in [-0.4, -0.2) is 16.6 Å². The van der Waals surface area contributed by atoms with E-state index in [-0.39, 0.29) is 0 Å². The van der Waals surface area contributed by atoms with Crippen LogP contribution >= 0.6 is 27.3 Å². The number of hydrogen-bond acceptors (Lipinski definition) is 3. The predicted octanol–water partition coefficient (Wildman–Crippen LogP) is 2.75. The van der Waals surface area contributed by atoms with Crippen LogP contribution in [0.3, 0.4) is 0 Å². The Kier molecular flexibility index (Phi) is 4.18. The van der Waals surface area contributed by atoms with Crippen molar-refractivity contribution in [3.05, 3.63) is 22.2 Å². The van der Waals surface area contributed by atoms with Crippen molar-refractivity contribution < 1.29 is 4.79 Å². The van der Waals surface area contributed by atoms with Crippen LogP contribution in [0.25, 0.3) is 6.08 Å². The first-order valence-electron chi connectivity index (χ1n) is 3.50. The van der Waals surface area contributed by atoms with E-state index in [4.69, 9.17) is 0 Å². The number of hydrogen-bond donors (Lipinski definition) is 0. The zero-order valence-corrected chi connectivity index (χ0v) is 8.77. The molecule has 0 bridgehead atoms. The van der Waals surface area contributed by atoms with Crippen molar-refractivity contribution in [3.8, 4) is 0 Å². The van der Waals surface area contributed by atoms with E-state index in [0.29, 0.717) is 5.01 Å². The molecular weight excluding hydrogens is 238 g/mol. The Labute approximate surface area is 83.5 Å². The summed E-state index contributed by atoms with van der Waals surface area (Å²) >= 11 is 4.68. The molecular formula is C8H8BrNOS. The topological polar surface area (TPSA) is 30.0 Å². The summed E-state index contributed by atoms with van der Waals surface area (Å²) in [5.74, 6) is 0. The molecule has 0 N–H and O–H groups in total. The smallest absolute Gasteiger partial charge is 0.178 e. The maximum Gasteiger partial charge on any atom is 0.178 e. The monoisotopic (exact) mass is 245 g/mol. The molecule has 0 atom stereocenters. The Morgan fingerprint density at radius 1 is 1.67 bits per heavy atom. The molecule has 0 aliphatic rings. The fraction of sp³-hybridized carbons (Fsp3) is 0.250. The fourth-order valence-corrected chi connectivity index (χ4v) is 1.55. The fourth-order valence-electron chi connectivity index (χ4n) is 0.698. The quantitative estimate of drug-likeness (QED) is 0.604. The summed E-state index contributed by atoms with van der Waals surface area (Å²) in [6.45, 7) is 0. The molecule has 4 heteroatoms. The maximum atomic E-state index is 10.3. The lowest BCUT2D eigenvalue weighted by molar-refractivity contribution is 0.112. The molecule has 0 aromatic carbocycles. The number of rotatable bonds is 4. The van der Waals surface area contributed by atoms with Crippen LogP contribution in [0.4, 0.5) is 0 Å². The second-order valence-corrected chi connectivity index (χ2v) is 3.79. The molecule has 0 unspecified atom stereocenters. The minimum atomic E-state index is 0.536. The number of aromatic nitrogens is 1. The lowest BCUT2D eigenvalue weighted by atomic mass is 10.3. The first kappa shape index (κ1) is 9.61. The van der Waals surface area contributed by atoms with E-state index in [0.717, 1.165) is 23.7 Å². The van der Waals surface area contributed by atoms with Gasteiger partial charge in [-0.2, -0.15) is 0 Å². The Morgan fingerprint density at radius 3 is 3.08 bits per heavy atom. The summed E-state index contributed by atoms with van der Waals surface area (Å²) in [4.78, 5) is 14.3. The molecule has 1 aromatic rings. The van der Waals surface area contributed by atoms with Crippen LogP contribution in [0, 0.1) is 0 Å². The van der Waals surface area contributed by atoms with Gasteiger partial charge < -0.3 is 0 Å². The Bertz CT molecular complexity index is 282. The van der Waals surface area contributed by atoms with Gasteiger partial charge >= 0.3 is 0 Å². The van der Waals surface area contributed by atoms with Gasteiger partial charge in [0.1, 0.15) is 0 Å². The van der Waals surface area contributed by atoms with Crippen LogP contribution in [0.1, 0.15) is 21.9 Å². The van der Waals surface area contributed by atoms with Crippen molar-refractivity contribution in [2.24, 2.45) is 0 Å². The zero-order chi connectivity index (χ0) is 8.81. The molecule has 12 heavy (non-hydrogen) atoms. The summed E-state index contributed by atoms with van der Waals surface area (Å²) in [5, 5.41) is 3.36. The van der Waals surface area contributed by atoms with Crippen LogP contribution in [0.15, 0.2) is 11.5 Å². The van der Waals surface area contributed by atoms with Gasteiger partial charge in [0, 0.05) is 10.7 Å². The molecule has 1 heterocycles. The van der Waals surface area contributed by atoms with Crippen molar-refractivity contribution in [2.75, 3.05) is 5.33 Å². The van der Waals surface area contributed by atoms with E-state index in [9.17, 15) is 4.79 Å². The van der Waals surface area contributed by atoms with Crippen LogP contribution in [-0.2, 0) is 0 Å². The second kappa shape index (κ2) is 5.22. The minimum absolute atomic E-state index is 0.536. The number of carbonyl (C=O) groups is 1. The number of thiazole rings is 1. The van der Waals surface area contributed by atoms with Crippen LogP contribution < -0.4 is 0 Å². The van der Waals surface area contributed by atoms with Gasteiger partial charge in [-0.25, -0.2) is 4.98 Å². The molecule has 0 saturated carbocycles. The summed E-state index contributed by atoms with van der Waals surface area (Å²) in [6.07, 6.45) is 5.70. The van der Waals surface area contributed by atoms with Gasteiger partial charge in [-0.1, -0.05) is 22.0 Å². The average molecular weight is 246 g/mol. The number of alkyl halides is 1. The number of aldehydes is 1. The normalized spacial score (nSPS) is 10.8. The van der Waals surface area contributed by atoms with Crippen LogP contribution in [0.5, 0.6) is 0 Å². The van der Waals surface area contributed by atoms with E-state index in [2.05, 4.69) is 20.9 Å². The standard InChI is InChI=1S/C8H8BrNOS/c9-4-2-1-3-7-6-12-8(5-11)10-7/h1,3,5-6H,2,4H2. The lowest BCUT2D eigenvalue weighted by Gasteiger charge is -1.82. The molecule has 0 spiro atoms. The predicted molar refractivity (Wildman–Crippen MR) is 54.9 cm³/mol. The van der Waals surface area contributed by atoms with Crippen molar-refractivity contribution in [1.82, 2.24) is 4.98 Å². The van der Waals surface area contributed by atoms with Gasteiger partial charge in [0.25, 0.3) is 0 Å². The van der Waals surface area contributed by atoms with Gasteiger partial charge in [0.2, 0.25) is 0 Å². The summed E-state index contributed by atoms with van der Waals surface area (Å²) < 4.78 is 0. The van der Waals surface area contributed by atoms with Gasteiger partial charge in [0.05, 0.1) is 5.69 Å². The van der Waals surface area contributed by atoms with E-state index >= 15 is 0 Å². The van der Waals surface area contributed by atoms with Crippen molar-refractivity contribution in [2.45, 2.75) is 6.42 Å². The van der Waals surface area contributed by atoms with Crippen molar-refractivity contribution >= 4 is 39.6 Å². The van der Waals surface area contributed by atoms with E-state index in [1.54, 1.807) is 0 Å². The summed E-state index contributed by atoms with van der Waals surface area (Å²) in [5.41, 5.74) is 0.864.